The summed E-state index contributed by atoms with van der Waals surface area (Å²) in [5, 5.41) is 0. The van der Waals surface area contributed by atoms with Crippen molar-refractivity contribution in [3.8, 4) is 0 Å². The van der Waals surface area contributed by atoms with Crippen molar-refractivity contribution in [2.75, 3.05) is 24.6 Å². The molecule has 0 saturated heterocycles. The van der Waals surface area contributed by atoms with Crippen LogP contribution in [0.25, 0.3) is 0 Å². The molecule has 2 atom stereocenters. The molecule has 162 valence electrons. The van der Waals surface area contributed by atoms with Gasteiger partial charge in [0.05, 0.1) is 0 Å². The summed E-state index contributed by atoms with van der Waals surface area (Å²) in [7, 11) is -5.98. The molecule has 0 N–H and O–H groups in total. The SMILES string of the molecule is CCP(=O)([O-])CCC1CCCCC1.CCP(=O)([O-])CCC1CCCCC1.[Fe+2]. The summed E-state index contributed by atoms with van der Waals surface area (Å²) in [6, 6.07) is 0. The number of hydrogen-bond acceptors (Lipinski definition) is 4. The van der Waals surface area contributed by atoms with Gasteiger partial charge in [-0.1, -0.05) is 78.1 Å². The molecule has 2 fully saturated rings. The Kier molecular flexibility index (Phi) is 15.3. The predicted molar refractivity (Wildman–Crippen MR) is 108 cm³/mol. The van der Waals surface area contributed by atoms with Crippen molar-refractivity contribution in [1.82, 2.24) is 0 Å². The van der Waals surface area contributed by atoms with Crippen molar-refractivity contribution in [3.05, 3.63) is 0 Å². The molecule has 0 aromatic heterocycles. The fourth-order valence-electron chi connectivity index (χ4n) is 4.03. The van der Waals surface area contributed by atoms with Gasteiger partial charge in [-0.25, -0.2) is 0 Å². The monoisotopic (exact) mass is 462 g/mol. The van der Waals surface area contributed by atoms with E-state index < -0.39 is 14.7 Å². The van der Waals surface area contributed by atoms with Crippen LogP contribution < -0.4 is 9.79 Å². The van der Waals surface area contributed by atoms with E-state index in [2.05, 4.69) is 0 Å². The largest absolute Gasteiger partial charge is 2.00 e. The molecular weight excluding hydrogens is 422 g/mol. The third-order valence-corrected chi connectivity index (χ3v) is 9.98. The van der Waals surface area contributed by atoms with Gasteiger partial charge in [0.2, 0.25) is 0 Å². The zero-order valence-corrected chi connectivity index (χ0v) is 20.2. The second-order valence-corrected chi connectivity index (χ2v) is 13.7. The van der Waals surface area contributed by atoms with E-state index in [0.29, 0.717) is 36.5 Å². The van der Waals surface area contributed by atoms with Crippen molar-refractivity contribution in [2.45, 2.75) is 90.9 Å². The second-order valence-electron chi connectivity index (χ2n) is 8.29. The summed E-state index contributed by atoms with van der Waals surface area (Å²) >= 11 is 0. The standard InChI is InChI=1S/2C10H21O2P.Fe/c2*1-2-13(11,12)9-8-10-6-4-3-5-7-10;/h2*10H,2-9H2,1H3,(H,11,12);/q;;+2/p-2. The summed E-state index contributed by atoms with van der Waals surface area (Å²) in [6.07, 6.45) is 16.3. The minimum atomic E-state index is -2.99. The molecule has 2 aliphatic rings. The van der Waals surface area contributed by atoms with Gasteiger partial charge in [0.15, 0.2) is 0 Å². The quantitative estimate of drug-likeness (QED) is 0.366. The second kappa shape index (κ2) is 14.8. The summed E-state index contributed by atoms with van der Waals surface area (Å²) in [4.78, 5) is 22.5. The molecule has 0 bridgehead atoms. The third kappa shape index (κ3) is 13.7. The van der Waals surface area contributed by atoms with E-state index in [1.54, 1.807) is 13.8 Å². The Bertz CT molecular complexity index is 419. The van der Waals surface area contributed by atoms with Gasteiger partial charge in [-0.2, -0.15) is 0 Å². The van der Waals surface area contributed by atoms with Crippen molar-refractivity contribution < 1.29 is 36.0 Å². The summed E-state index contributed by atoms with van der Waals surface area (Å²) in [5.74, 6) is 1.39. The summed E-state index contributed by atoms with van der Waals surface area (Å²) in [5.41, 5.74) is 0. The summed E-state index contributed by atoms with van der Waals surface area (Å²) in [6.45, 7) is 3.49. The van der Waals surface area contributed by atoms with Gasteiger partial charge < -0.3 is 18.9 Å². The smallest absolute Gasteiger partial charge is 0.799 e. The van der Waals surface area contributed by atoms with Crippen LogP contribution in [0.1, 0.15) is 90.9 Å². The predicted octanol–water partition coefficient (Wildman–Crippen LogP) is 5.23. The fourth-order valence-corrected chi connectivity index (χ4v) is 6.18. The Morgan fingerprint density at radius 1 is 0.667 bits per heavy atom. The zero-order valence-electron chi connectivity index (χ0n) is 17.3. The van der Waals surface area contributed by atoms with Crippen LogP contribution in [0, 0.1) is 11.8 Å². The van der Waals surface area contributed by atoms with Crippen LogP contribution in [0.15, 0.2) is 0 Å². The van der Waals surface area contributed by atoms with Crippen LogP contribution in [-0.2, 0) is 26.2 Å². The van der Waals surface area contributed by atoms with E-state index in [1.165, 1.54) is 64.2 Å². The fraction of sp³-hybridized carbons (Fsp3) is 1.00. The van der Waals surface area contributed by atoms with Crippen LogP contribution in [0.2, 0.25) is 0 Å². The Balaban J connectivity index is 0.000000483. The first-order valence-electron chi connectivity index (χ1n) is 10.9. The molecular formula is C20H40FeO4P2. The number of hydrogen-bond donors (Lipinski definition) is 0. The van der Waals surface area contributed by atoms with Gasteiger partial charge in [-0.3, -0.25) is 0 Å². The summed E-state index contributed by atoms with van der Waals surface area (Å²) < 4.78 is 22.5. The first kappa shape index (κ1) is 27.9. The maximum absolute atomic E-state index is 11.3. The molecule has 4 nitrogen and oxygen atoms in total. The molecule has 0 amide bonds. The maximum Gasteiger partial charge on any atom is 2.00 e. The molecule has 0 heterocycles. The maximum atomic E-state index is 11.3. The van der Waals surface area contributed by atoms with Gasteiger partial charge >= 0.3 is 17.1 Å². The molecule has 0 radical (unpaired) electrons. The molecule has 2 saturated carbocycles. The number of rotatable bonds is 8. The van der Waals surface area contributed by atoms with Crippen LogP contribution >= 0.6 is 14.7 Å². The van der Waals surface area contributed by atoms with Crippen LogP contribution in [0.5, 0.6) is 0 Å². The van der Waals surface area contributed by atoms with E-state index >= 15 is 0 Å². The Labute approximate surface area is 178 Å². The van der Waals surface area contributed by atoms with Crippen LogP contribution in [0.4, 0.5) is 0 Å². The molecule has 2 aliphatic carbocycles. The Morgan fingerprint density at radius 2 is 0.963 bits per heavy atom. The third-order valence-electron chi connectivity index (χ3n) is 6.17. The molecule has 7 heteroatoms. The van der Waals surface area contributed by atoms with Crippen molar-refractivity contribution in [1.29, 1.82) is 0 Å². The van der Waals surface area contributed by atoms with E-state index in [-0.39, 0.29) is 17.1 Å². The minimum absolute atomic E-state index is 0. The minimum Gasteiger partial charge on any atom is -0.799 e. The van der Waals surface area contributed by atoms with Gasteiger partial charge in [0.25, 0.3) is 0 Å². The van der Waals surface area contributed by atoms with Gasteiger partial charge in [-0.05, 0) is 49.3 Å². The van der Waals surface area contributed by atoms with Gasteiger partial charge in [0, 0.05) is 14.7 Å². The average Bonchev–Trinajstić information content (AvgIpc) is 2.67. The van der Waals surface area contributed by atoms with E-state index in [4.69, 9.17) is 0 Å². The first-order chi connectivity index (χ1) is 12.3. The van der Waals surface area contributed by atoms with Crippen molar-refractivity contribution >= 4 is 14.7 Å². The topological polar surface area (TPSA) is 80.3 Å². The van der Waals surface area contributed by atoms with E-state index in [9.17, 15) is 18.9 Å². The molecule has 27 heavy (non-hydrogen) atoms. The van der Waals surface area contributed by atoms with Crippen LogP contribution in [0.3, 0.4) is 0 Å². The molecule has 0 spiro atoms. The van der Waals surface area contributed by atoms with Crippen molar-refractivity contribution in [3.63, 3.8) is 0 Å². The van der Waals surface area contributed by atoms with Crippen LogP contribution in [-0.4, -0.2) is 24.6 Å². The van der Waals surface area contributed by atoms with E-state index in [0.717, 1.165) is 12.8 Å². The van der Waals surface area contributed by atoms with Gasteiger partial charge in [0.1, 0.15) is 0 Å². The molecule has 2 rings (SSSR count). The average molecular weight is 462 g/mol. The molecule has 0 aliphatic heterocycles. The Morgan fingerprint density at radius 3 is 1.22 bits per heavy atom. The normalized spacial score (nSPS) is 23.3. The zero-order chi connectivity index (χ0) is 19.5. The van der Waals surface area contributed by atoms with Gasteiger partial charge in [-0.15, -0.1) is 0 Å². The van der Waals surface area contributed by atoms with Crippen molar-refractivity contribution in [2.24, 2.45) is 11.8 Å². The molecule has 0 aromatic carbocycles. The molecule has 2 unspecified atom stereocenters. The Hall–Kier alpha value is 0.899. The first-order valence-corrected chi connectivity index (χ1v) is 14.8. The molecule has 0 aromatic rings. The van der Waals surface area contributed by atoms with E-state index in [1.807, 2.05) is 0 Å².